The molecular weight excluding hydrogens is 238 g/mol. The van der Waals surface area contributed by atoms with Crippen LogP contribution in [0.15, 0.2) is 24.3 Å². The molecule has 0 radical (unpaired) electrons. The van der Waals surface area contributed by atoms with Gasteiger partial charge in [0, 0.05) is 18.7 Å². The summed E-state index contributed by atoms with van der Waals surface area (Å²) < 4.78 is 10.8. The Morgan fingerprint density at radius 2 is 1.74 bits per heavy atom. The van der Waals surface area contributed by atoms with Crippen molar-refractivity contribution in [1.82, 2.24) is 5.32 Å². The largest absolute Gasteiger partial charge is 0.379 e. The molecule has 0 unspecified atom stereocenters. The third-order valence-electron chi connectivity index (χ3n) is 2.66. The van der Waals surface area contributed by atoms with E-state index in [1.54, 1.807) is 0 Å². The minimum Gasteiger partial charge on any atom is -0.379 e. The topological polar surface area (TPSA) is 30.5 Å². The number of hydrogen-bond acceptors (Lipinski definition) is 3. The molecule has 0 aromatic heterocycles. The summed E-state index contributed by atoms with van der Waals surface area (Å²) in [5, 5.41) is 3.49. The Kier molecular flexibility index (Phi) is 7.06. The van der Waals surface area contributed by atoms with E-state index in [0.717, 1.165) is 13.2 Å². The van der Waals surface area contributed by atoms with Crippen molar-refractivity contribution in [3.8, 4) is 0 Å². The maximum absolute atomic E-state index is 5.58. The Morgan fingerprint density at radius 3 is 2.42 bits per heavy atom. The van der Waals surface area contributed by atoms with Gasteiger partial charge in [0.25, 0.3) is 0 Å². The van der Waals surface area contributed by atoms with Gasteiger partial charge in [0.2, 0.25) is 0 Å². The van der Waals surface area contributed by atoms with Crippen molar-refractivity contribution in [2.75, 3.05) is 19.8 Å². The van der Waals surface area contributed by atoms with E-state index in [9.17, 15) is 0 Å². The Morgan fingerprint density at radius 1 is 1.05 bits per heavy atom. The van der Waals surface area contributed by atoms with Crippen LogP contribution in [0.5, 0.6) is 0 Å². The molecule has 0 spiro atoms. The average molecular weight is 265 g/mol. The minimum atomic E-state index is 0.143. The lowest BCUT2D eigenvalue weighted by Gasteiger charge is -2.20. The summed E-state index contributed by atoms with van der Waals surface area (Å²) in [5.41, 5.74) is 2.65. The molecule has 19 heavy (non-hydrogen) atoms. The molecule has 0 heterocycles. The van der Waals surface area contributed by atoms with Crippen LogP contribution in [0.2, 0.25) is 0 Å². The molecule has 1 aromatic carbocycles. The van der Waals surface area contributed by atoms with E-state index in [-0.39, 0.29) is 5.54 Å². The molecule has 0 atom stereocenters. The molecule has 0 saturated heterocycles. The second kappa shape index (κ2) is 8.31. The van der Waals surface area contributed by atoms with Crippen LogP contribution < -0.4 is 5.32 Å². The predicted molar refractivity (Wildman–Crippen MR) is 79.2 cm³/mol. The summed E-state index contributed by atoms with van der Waals surface area (Å²) >= 11 is 0. The zero-order chi connectivity index (χ0) is 14.1. The Bertz CT molecular complexity index is 358. The van der Waals surface area contributed by atoms with Crippen LogP contribution in [0.1, 0.15) is 38.8 Å². The van der Waals surface area contributed by atoms with Crippen LogP contribution in [0.25, 0.3) is 0 Å². The van der Waals surface area contributed by atoms with Gasteiger partial charge in [-0.15, -0.1) is 0 Å². The molecule has 0 aliphatic rings. The molecular formula is C16H27NO2. The summed E-state index contributed by atoms with van der Waals surface area (Å²) in [6.45, 7) is 12.1. The molecule has 3 nitrogen and oxygen atoms in total. The highest BCUT2D eigenvalue weighted by Gasteiger charge is 2.08. The number of rotatable bonds is 8. The van der Waals surface area contributed by atoms with Gasteiger partial charge in [0.15, 0.2) is 0 Å². The van der Waals surface area contributed by atoms with Crippen molar-refractivity contribution >= 4 is 0 Å². The second-order valence-corrected chi connectivity index (χ2v) is 5.67. The van der Waals surface area contributed by atoms with Crippen molar-refractivity contribution in [2.45, 2.75) is 46.4 Å². The van der Waals surface area contributed by atoms with Gasteiger partial charge in [-0.2, -0.15) is 0 Å². The Balaban J connectivity index is 2.35. The molecule has 1 aromatic rings. The lowest BCUT2D eigenvalue weighted by atomic mass is 10.1. The number of ether oxygens (including phenoxy) is 2. The summed E-state index contributed by atoms with van der Waals surface area (Å²) in [5.74, 6) is 0. The Hall–Kier alpha value is -0.900. The third-order valence-corrected chi connectivity index (χ3v) is 2.66. The van der Waals surface area contributed by atoms with Crippen LogP contribution in [-0.4, -0.2) is 25.4 Å². The van der Waals surface area contributed by atoms with Crippen molar-refractivity contribution in [2.24, 2.45) is 0 Å². The van der Waals surface area contributed by atoms with Crippen molar-refractivity contribution in [3.05, 3.63) is 35.4 Å². The summed E-state index contributed by atoms with van der Waals surface area (Å²) in [6, 6.07) is 8.52. The maximum atomic E-state index is 5.58. The second-order valence-electron chi connectivity index (χ2n) is 5.67. The normalized spacial score (nSPS) is 11.8. The lowest BCUT2D eigenvalue weighted by Crippen LogP contribution is -2.35. The van der Waals surface area contributed by atoms with E-state index in [1.165, 1.54) is 11.1 Å². The highest BCUT2D eigenvalue weighted by Crippen LogP contribution is 2.08. The van der Waals surface area contributed by atoms with Gasteiger partial charge < -0.3 is 14.8 Å². The van der Waals surface area contributed by atoms with Gasteiger partial charge in [0.05, 0.1) is 19.8 Å². The van der Waals surface area contributed by atoms with Gasteiger partial charge in [-0.1, -0.05) is 24.3 Å². The third kappa shape index (κ3) is 7.98. The van der Waals surface area contributed by atoms with Gasteiger partial charge in [0.1, 0.15) is 0 Å². The molecule has 0 saturated carbocycles. The van der Waals surface area contributed by atoms with Crippen LogP contribution in [0.4, 0.5) is 0 Å². The first kappa shape index (κ1) is 16.2. The monoisotopic (exact) mass is 265 g/mol. The first-order valence-corrected chi connectivity index (χ1v) is 6.99. The number of benzene rings is 1. The number of hydrogen-bond donors (Lipinski definition) is 1. The molecule has 1 rings (SSSR count). The van der Waals surface area contributed by atoms with E-state index in [2.05, 4.69) is 50.4 Å². The van der Waals surface area contributed by atoms with Crippen LogP contribution >= 0.6 is 0 Å². The summed E-state index contributed by atoms with van der Waals surface area (Å²) in [4.78, 5) is 0. The lowest BCUT2D eigenvalue weighted by molar-refractivity contribution is 0.0453. The van der Waals surface area contributed by atoms with Gasteiger partial charge >= 0.3 is 0 Å². The SMILES string of the molecule is CCOCCOCc1cccc(CNC(C)(C)C)c1. The molecule has 0 amide bonds. The van der Waals surface area contributed by atoms with Crippen molar-refractivity contribution in [3.63, 3.8) is 0 Å². The van der Waals surface area contributed by atoms with Gasteiger partial charge in [-0.25, -0.2) is 0 Å². The fourth-order valence-electron chi connectivity index (χ4n) is 1.65. The molecule has 0 fully saturated rings. The predicted octanol–water partition coefficient (Wildman–Crippen LogP) is 3.13. The van der Waals surface area contributed by atoms with Crippen LogP contribution in [0.3, 0.4) is 0 Å². The van der Waals surface area contributed by atoms with E-state index >= 15 is 0 Å². The maximum Gasteiger partial charge on any atom is 0.0718 e. The fourth-order valence-corrected chi connectivity index (χ4v) is 1.65. The Labute approximate surface area is 117 Å². The van der Waals surface area contributed by atoms with Gasteiger partial charge in [-0.05, 0) is 38.8 Å². The molecule has 0 bridgehead atoms. The first-order chi connectivity index (χ1) is 9.01. The van der Waals surface area contributed by atoms with Crippen LogP contribution in [0, 0.1) is 0 Å². The standard InChI is InChI=1S/C16H27NO2/c1-5-18-9-10-19-13-15-8-6-7-14(11-15)12-17-16(2,3)4/h6-8,11,17H,5,9-10,12-13H2,1-4H3. The van der Waals surface area contributed by atoms with Crippen LogP contribution in [-0.2, 0) is 22.6 Å². The molecule has 0 aliphatic carbocycles. The molecule has 0 aliphatic heterocycles. The highest BCUT2D eigenvalue weighted by atomic mass is 16.5. The van der Waals surface area contributed by atoms with E-state index in [1.807, 2.05) is 6.92 Å². The summed E-state index contributed by atoms with van der Waals surface area (Å²) in [6.07, 6.45) is 0. The molecule has 108 valence electrons. The first-order valence-electron chi connectivity index (χ1n) is 6.99. The quantitative estimate of drug-likeness (QED) is 0.733. The fraction of sp³-hybridized carbons (Fsp3) is 0.625. The zero-order valence-corrected chi connectivity index (χ0v) is 12.7. The zero-order valence-electron chi connectivity index (χ0n) is 12.7. The minimum absolute atomic E-state index is 0.143. The van der Waals surface area contributed by atoms with Crippen molar-refractivity contribution < 1.29 is 9.47 Å². The van der Waals surface area contributed by atoms with E-state index in [0.29, 0.717) is 19.8 Å². The number of nitrogens with one attached hydrogen (secondary N) is 1. The van der Waals surface area contributed by atoms with Gasteiger partial charge in [-0.3, -0.25) is 0 Å². The average Bonchev–Trinajstić information content (AvgIpc) is 2.36. The van der Waals surface area contributed by atoms with E-state index < -0.39 is 0 Å². The highest BCUT2D eigenvalue weighted by molar-refractivity contribution is 5.23. The summed E-state index contributed by atoms with van der Waals surface area (Å²) in [7, 11) is 0. The van der Waals surface area contributed by atoms with E-state index in [4.69, 9.17) is 9.47 Å². The molecule has 1 N–H and O–H groups in total. The smallest absolute Gasteiger partial charge is 0.0718 e. The molecule has 3 heteroatoms. The van der Waals surface area contributed by atoms with Crippen molar-refractivity contribution in [1.29, 1.82) is 0 Å².